The van der Waals surface area contributed by atoms with E-state index in [2.05, 4.69) is 11.4 Å². The number of hydrogen-bond acceptors (Lipinski definition) is 4. The van der Waals surface area contributed by atoms with Gasteiger partial charge >= 0.3 is 0 Å². The number of pyridine rings is 1. The number of carbonyl (C=O) groups is 1. The highest BCUT2D eigenvalue weighted by molar-refractivity contribution is 8.00. The van der Waals surface area contributed by atoms with Crippen LogP contribution in [0.4, 0.5) is 5.69 Å². The molecule has 1 N–H and O–H groups in total. The molecule has 0 aliphatic carbocycles. The Labute approximate surface area is 231 Å². The number of aromatic nitrogens is 1. The first-order valence-corrected chi connectivity index (χ1v) is 13.4. The van der Waals surface area contributed by atoms with E-state index >= 15 is 0 Å². The summed E-state index contributed by atoms with van der Waals surface area (Å²) in [4.78, 5) is 18.1. The Morgan fingerprint density at radius 1 is 0.947 bits per heavy atom. The fourth-order valence-electron chi connectivity index (χ4n) is 4.23. The van der Waals surface area contributed by atoms with Crippen molar-refractivity contribution in [2.45, 2.75) is 24.1 Å². The van der Waals surface area contributed by atoms with Crippen LogP contribution in [0.15, 0.2) is 102 Å². The van der Waals surface area contributed by atoms with Gasteiger partial charge in [0, 0.05) is 27.2 Å². The van der Waals surface area contributed by atoms with Crippen molar-refractivity contribution in [2.75, 3.05) is 5.32 Å². The lowest BCUT2D eigenvalue weighted by molar-refractivity contribution is -0.115. The van der Waals surface area contributed by atoms with E-state index in [0.29, 0.717) is 15.6 Å². The molecule has 38 heavy (non-hydrogen) atoms. The third-order valence-electron chi connectivity index (χ3n) is 6.31. The van der Waals surface area contributed by atoms with Crippen molar-refractivity contribution in [1.82, 2.24) is 4.98 Å². The Balaban J connectivity index is 1.52. The van der Waals surface area contributed by atoms with Crippen molar-refractivity contribution in [3.63, 3.8) is 0 Å². The van der Waals surface area contributed by atoms with E-state index in [0.717, 1.165) is 44.4 Å². The Bertz CT molecular complexity index is 1670. The number of carbonyl (C=O) groups excluding carboxylic acids is 1. The molecule has 0 aliphatic rings. The maximum absolute atomic E-state index is 13.3. The maximum atomic E-state index is 13.3. The second kappa shape index (κ2) is 11.1. The predicted molar refractivity (Wildman–Crippen MR) is 157 cm³/mol. The summed E-state index contributed by atoms with van der Waals surface area (Å²) in [5.41, 5.74) is 5.61. The number of fused-ring (bicyclic) bond motifs is 1. The number of nitriles is 1. The molecule has 0 aliphatic heterocycles. The van der Waals surface area contributed by atoms with E-state index in [1.807, 2.05) is 98.8 Å². The number of nitrogens with zero attached hydrogens (tertiary/aromatic N) is 2. The van der Waals surface area contributed by atoms with Crippen molar-refractivity contribution in [3.8, 4) is 28.5 Å². The van der Waals surface area contributed by atoms with Gasteiger partial charge in [0.1, 0.15) is 11.1 Å². The quantitative estimate of drug-likeness (QED) is 0.222. The summed E-state index contributed by atoms with van der Waals surface area (Å²) in [7, 11) is 0. The molecule has 0 saturated carbocycles. The van der Waals surface area contributed by atoms with E-state index in [9.17, 15) is 10.1 Å². The molecule has 0 bridgehead atoms. The summed E-state index contributed by atoms with van der Waals surface area (Å²) in [6.07, 6.45) is 0. The summed E-state index contributed by atoms with van der Waals surface area (Å²) in [6, 6.07) is 33.5. The van der Waals surface area contributed by atoms with Crippen LogP contribution in [0.3, 0.4) is 0 Å². The molecule has 5 rings (SSSR count). The van der Waals surface area contributed by atoms with Crippen molar-refractivity contribution in [2.24, 2.45) is 0 Å². The van der Waals surface area contributed by atoms with Gasteiger partial charge in [0.25, 0.3) is 0 Å². The van der Waals surface area contributed by atoms with Gasteiger partial charge < -0.3 is 5.32 Å². The molecular weight excluding hydrogens is 510 g/mol. The van der Waals surface area contributed by atoms with Crippen molar-refractivity contribution >= 4 is 45.7 Å². The van der Waals surface area contributed by atoms with Gasteiger partial charge in [0.15, 0.2) is 0 Å². The Hall–Kier alpha value is -4.11. The average Bonchev–Trinajstić information content (AvgIpc) is 2.93. The second-order valence-corrected chi connectivity index (χ2v) is 10.8. The molecule has 5 aromatic rings. The Kier molecular flexibility index (Phi) is 7.46. The molecule has 1 atom stereocenters. The molecule has 0 saturated heterocycles. The van der Waals surface area contributed by atoms with Crippen LogP contribution >= 0.6 is 23.4 Å². The third kappa shape index (κ3) is 5.43. The number of nitrogens with one attached hydrogen (secondary N) is 1. The van der Waals surface area contributed by atoms with Crippen molar-refractivity contribution in [3.05, 3.63) is 113 Å². The first-order chi connectivity index (χ1) is 18.4. The monoisotopic (exact) mass is 533 g/mol. The highest BCUT2D eigenvalue weighted by atomic mass is 35.5. The van der Waals surface area contributed by atoms with Gasteiger partial charge in [-0.3, -0.25) is 4.79 Å². The van der Waals surface area contributed by atoms with Crippen LogP contribution in [0.5, 0.6) is 0 Å². The molecule has 6 heteroatoms. The lowest BCUT2D eigenvalue weighted by Crippen LogP contribution is -2.22. The summed E-state index contributed by atoms with van der Waals surface area (Å²) in [6.45, 7) is 3.86. The average molecular weight is 534 g/mol. The normalized spacial score (nSPS) is 11.6. The first kappa shape index (κ1) is 25.5. The Morgan fingerprint density at radius 3 is 2.37 bits per heavy atom. The van der Waals surface area contributed by atoms with Crippen molar-refractivity contribution in [1.29, 1.82) is 5.26 Å². The molecule has 1 aromatic heterocycles. The molecule has 4 nitrogen and oxygen atoms in total. The first-order valence-electron chi connectivity index (χ1n) is 12.2. The number of halogens is 1. The van der Waals surface area contributed by atoms with Gasteiger partial charge in [-0.05, 0) is 49.1 Å². The van der Waals surface area contributed by atoms with Gasteiger partial charge in [0.2, 0.25) is 5.91 Å². The van der Waals surface area contributed by atoms with Crippen LogP contribution in [-0.2, 0) is 4.79 Å². The van der Waals surface area contributed by atoms with Gasteiger partial charge in [-0.2, -0.15) is 5.26 Å². The zero-order valence-electron chi connectivity index (χ0n) is 20.9. The minimum Gasteiger partial charge on any atom is -0.325 e. The maximum Gasteiger partial charge on any atom is 0.237 e. The Morgan fingerprint density at radius 2 is 1.63 bits per heavy atom. The number of rotatable bonds is 6. The van der Waals surface area contributed by atoms with Crippen LogP contribution in [0, 0.1) is 18.3 Å². The number of hydrogen-bond donors (Lipinski definition) is 1. The molecule has 0 spiro atoms. The smallest absolute Gasteiger partial charge is 0.237 e. The molecular formula is C32H24ClN3OS. The lowest BCUT2D eigenvalue weighted by Gasteiger charge is -2.16. The third-order valence-corrected chi connectivity index (χ3v) is 7.64. The zero-order chi connectivity index (χ0) is 26.6. The molecule has 0 radical (unpaired) electrons. The van der Waals surface area contributed by atoms with E-state index in [4.69, 9.17) is 16.6 Å². The van der Waals surface area contributed by atoms with Crippen LogP contribution in [0.25, 0.3) is 33.2 Å². The number of anilines is 1. The van der Waals surface area contributed by atoms with Gasteiger partial charge in [-0.1, -0.05) is 102 Å². The molecule has 186 valence electrons. The number of benzene rings is 4. The summed E-state index contributed by atoms with van der Waals surface area (Å²) in [5, 5.41) is 15.9. The number of aryl methyl sites for hydroxylation is 1. The SMILES string of the molecule is Cc1ccc(-c2cc(-c3ccc(Cl)cc3)c(C#N)c(SC(C)C(=O)Nc3cccc4ccccc34)n2)cc1. The largest absolute Gasteiger partial charge is 0.325 e. The zero-order valence-corrected chi connectivity index (χ0v) is 22.5. The summed E-state index contributed by atoms with van der Waals surface area (Å²) in [5.74, 6) is -0.161. The van der Waals surface area contributed by atoms with Gasteiger partial charge in [-0.25, -0.2) is 4.98 Å². The topological polar surface area (TPSA) is 65.8 Å². The second-order valence-electron chi connectivity index (χ2n) is 9.00. The van der Waals surface area contributed by atoms with E-state index in [-0.39, 0.29) is 5.91 Å². The fourth-order valence-corrected chi connectivity index (χ4v) is 5.29. The highest BCUT2D eigenvalue weighted by Gasteiger charge is 2.22. The molecule has 1 heterocycles. The highest BCUT2D eigenvalue weighted by Crippen LogP contribution is 2.36. The molecule has 0 fully saturated rings. The van der Waals surface area contributed by atoms with Crippen LogP contribution in [-0.4, -0.2) is 16.1 Å². The van der Waals surface area contributed by atoms with E-state index in [1.165, 1.54) is 11.8 Å². The number of amides is 1. The molecule has 1 unspecified atom stereocenters. The van der Waals surface area contributed by atoms with Crippen molar-refractivity contribution < 1.29 is 4.79 Å². The van der Waals surface area contributed by atoms with Gasteiger partial charge in [-0.15, -0.1) is 0 Å². The molecule has 1 amide bonds. The minimum atomic E-state index is -0.500. The summed E-state index contributed by atoms with van der Waals surface area (Å²) < 4.78 is 0. The lowest BCUT2D eigenvalue weighted by atomic mass is 9.99. The number of thioether (sulfide) groups is 1. The standard InChI is InChI=1S/C32H24ClN3OS/c1-20-10-12-24(13-11-20)30-18-27(23-14-16-25(33)17-15-23)28(19-34)32(36-30)38-21(2)31(37)35-29-9-5-7-22-6-3-4-8-26(22)29/h3-18,21H,1-2H3,(H,35,37). The van der Waals surface area contributed by atoms with E-state index < -0.39 is 5.25 Å². The summed E-state index contributed by atoms with van der Waals surface area (Å²) >= 11 is 7.41. The van der Waals surface area contributed by atoms with Crippen LogP contribution in [0.2, 0.25) is 5.02 Å². The fraction of sp³-hybridized carbons (Fsp3) is 0.0938. The van der Waals surface area contributed by atoms with Crippen LogP contribution in [0.1, 0.15) is 18.1 Å². The van der Waals surface area contributed by atoms with E-state index in [1.54, 1.807) is 12.1 Å². The van der Waals surface area contributed by atoms with Crippen LogP contribution < -0.4 is 5.32 Å². The minimum absolute atomic E-state index is 0.161. The van der Waals surface area contributed by atoms with Gasteiger partial charge in [0.05, 0.1) is 16.5 Å². The predicted octanol–water partition coefficient (Wildman–Crippen LogP) is 8.52. The molecule has 4 aromatic carbocycles.